The number of H-pyrrole nitrogens is 1. The summed E-state index contributed by atoms with van der Waals surface area (Å²) in [5.74, 6) is 1.85. The summed E-state index contributed by atoms with van der Waals surface area (Å²) in [6.45, 7) is 5.49. The first-order valence-corrected chi connectivity index (χ1v) is 9.75. The molecule has 4 nitrogen and oxygen atoms in total. The van der Waals surface area contributed by atoms with E-state index >= 15 is 0 Å². The Morgan fingerprint density at radius 2 is 1.89 bits per heavy atom. The van der Waals surface area contributed by atoms with Gasteiger partial charge in [-0.15, -0.1) is 0 Å². The second-order valence-corrected chi connectivity index (χ2v) is 7.34. The number of nitrogens with one attached hydrogen (secondary N) is 2. The Balaban J connectivity index is 1.74. The summed E-state index contributed by atoms with van der Waals surface area (Å²) in [6.07, 6.45) is 2.14. The molecular weight excluding hydrogens is 336 g/mol. The molecule has 4 rings (SSSR count). The molecule has 2 heterocycles. The highest BCUT2D eigenvalue weighted by Gasteiger charge is 2.29. The number of hydrogen-bond acceptors (Lipinski definition) is 3. The zero-order chi connectivity index (χ0) is 19.0. The van der Waals surface area contributed by atoms with Gasteiger partial charge in [0.1, 0.15) is 0 Å². The van der Waals surface area contributed by atoms with Crippen molar-refractivity contribution in [1.82, 2.24) is 10.3 Å². The van der Waals surface area contributed by atoms with Crippen molar-refractivity contribution in [3.63, 3.8) is 0 Å². The zero-order valence-electron chi connectivity index (χ0n) is 16.6. The van der Waals surface area contributed by atoms with Gasteiger partial charge < -0.3 is 19.8 Å². The van der Waals surface area contributed by atoms with Crippen molar-refractivity contribution in [2.75, 3.05) is 20.8 Å². The summed E-state index contributed by atoms with van der Waals surface area (Å²) in [5.41, 5.74) is 6.67. The van der Waals surface area contributed by atoms with E-state index in [1.54, 1.807) is 14.2 Å². The number of aromatic nitrogens is 1. The Bertz CT molecular complexity index is 960. The minimum absolute atomic E-state index is 0.254. The van der Waals surface area contributed by atoms with Crippen LogP contribution in [0.1, 0.15) is 48.2 Å². The lowest BCUT2D eigenvalue weighted by atomic mass is 9.86. The van der Waals surface area contributed by atoms with Gasteiger partial charge in [-0.3, -0.25) is 0 Å². The van der Waals surface area contributed by atoms with Crippen molar-refractivity contribution in [3.05, 3.63) is 58.8 Å². The van der Waals surface area contributed by atoms with E-state index < -0.39 is 0 Å². The molecule has 0 spiro atoms. The molecule has 2 unspecified atom stereocenters. The lowest BCUT2D eigenvalue weighted by Crippen LogP contribution is -2.33. The highest BCUT2D eigenvalue weighted by atomic mass is 16.5. The molecule has 1 aromatic heterocycles. The van der Waals surface area contributed by atoms with Gasteiger partial charge >= 0.3 is 0 Å². The zero-order valence-corrected chi connectivity index (χ0v) is 16.6. The van der Waals surface area contributed by atoms with Crippen molar-refractivity contribution in [1.29, 1.82) is 0 Å². The van der Waals surface area contributed by atoms with Crippen LogP contribution in [0, 0.1) is 0 Å². The van der Waals surface area contributed by atoms with Crippen LogP contribution in [-0.2, 0) is 12.8 Å². The summed E-state index contributed by atoms with van der Waals surface area (Å²) in [5, 5.41) is 5.11. The van der Waals surface area contributed by atoms with E-state index in [1.165, 1.54) is 33.3 Å². The van der Waals surface area contributed by atoms with E-state index in [0.717, 1.165) is 30.9 Å². The summed E-state index contributed by atoms with van der Waals surface area (Å²) in [6, 6.07) is 13.3. The van der Waals surface area contributed by atoms with Crippen LogP contribution >= 0.6 is 0 Å². The van der Waals surface area contributed by atoms with Crippen molar-refractivity contribution in [3.8, 4) is 11.5 Å². The Kier molecular flexibility index (Phi) is 4.83. The highest BCUT2D eigenvalue weighted by Crippen LogP contribution is 2.40. The molecule has 0 bridgehead atoms. The second-order valence-electron chi connectivity index (χ2n) is 7.34. The SMILES string of the molecule is CCc1ccc2[nH]c3c(c2c1)CCNC3C(C)c1ccc(OC)c(OC)c1. The van der Waals surface area contributed by atoms with Crippen LogP contribution in [0.5, 0.6) is 11.5 Å². The van der Waals surface area contributed by atoms with Crippen LogP contribution < -0.4 is 14.8 Å². The maximum absolute atomic E-state index is 5.50. The van der Waals surface area contributed by atoms with Crippen molar-refractivity contribution < 1.29 is 9.47 Å². The van der Waals surface area contributed by atoms with Gasteiger partial charge in [0.05, 0.1) is 20.3 Å². The minimum Gasteiger partial charge on any atom is -0.493 e. The number of aryl methyl sites for hydroxylation is 1. The molecule has 142 valence electrons. The summed E-state index contributed by atoms with van der Waals surface area (Å²) < 4.78 is 10.9. The van der Waals surface area contributed by atoms with Crippen LogP contribution in [0.2, 0.25) is 0 Å². The third-order valence-electron chi connectivity index (χ3n) is 5.90. The van der Waals surface area contributed by atoms with E-state index in [2.05, 4.69) is 54.5 Å². The second kappa shape index (κ2) is 7.28. The number of benzene rings is 2. The van der Waals surface area contributed by atoms with Crippen molar-refractivity contribution in [2.24, 2.45) is 0 Å². The summed E-state index contributed by atoms with van der Waals surface area (Å²) in [4.78, 5) is 3.70. The van der Waals surface area contributed by atoms with Gasteiger partial charge in [0.2, 0.25) is 0 Å². The molecular formula is C23H28N2O2. The maximum Gasteiger partial charge on any atom is 0.160 e. The molecule has 3 aromatic rings. The third-order valence-corrected chi connectivity index (χ3v) is 5.90. The predicted molar refractivity (Wildman–Crippen MR) is 110 cm³/mol. The van der Waals surface area contributed by atoms with Gasteiger partial charge in [0.25, 0.3) is 0 Å². The largest absolute Gasteiger partial charge is 0.493 e. The quantitative estimate of drug-likeness (QED) is 0.687. The number of fused-ring (bicyclic) bond motifs is 3. The van der Waals surface area contributed by atoms with Crippen LogP contribution in [0.3, 0.4) is 0 Å². The fourth-order valence-electron chi connectivity index (χ4n) is 4.28. The Labute approximate surface area is 160 Å². The predicted octanol–water partition coefficient (Wildman–Crippen LogP) is 4.74. The summed E-state index contributed by atoms with van der Waals surface area (Å²) >= 11 is 0. The number of hydrogen-bond donors (Lipinski definition) is 2. The van der Waals surface area contributed by atoms with E-state index in [9.17, 15) is 0 Å². The molecule has 0 radical (unpaired) electrons. The molecule has 0 saturated carbocycles. The average Bonchev–Trinajstić information content (AvgIpc) is 3.10. The van der Waals surface area contributed by atoms with Gasteiger partial charge in [-0.25, -0.2) is 0 Å². The first-order valence-electron chi connectivity index (χ1n) is 9.75. The number of rotatable bonds is 5. The molecule has 0 saturated heterocycles. The smallest absolute Gasteiger partial charge is 0.160 e. The molecule has 0 amide bonds. The van der Waals surface area contributed by atoms with Crippen LogP contribution in [0.25, 0.3) is 10.9 Å². The molecule has 2 N–H and O–H groups in total. The first-order chi connectivity index (χ1) is 13.2. The fourth-order valence-corrected chi connectivity index (χ4v) is 4.28. The van der Waals surface area contributed by atoms with Gasteiger partial charge in [-0.2, -0.15) is 0 Å². The lowest BCUT2D eigenvalue weighted by molar-refractivity contribution is 0.353. The van der Waals surface area contributed by atoms with Crippen molar-refractivity contribution in [2.45, 2.75) is 38.6 Å². The Morgan fingerprint density at radius 3 is 2.63 bits per heavy atom. The molecule has 27 heavy (non-hydrogen) atoms. The molecule has 0 aliphatic carbocycles. The fraction of sp³-hybridized carbons (Fsp3) is 0.391. The monoisotopic (exact) mass is 364 g/mol. The van der Waals surface area contributed by atoms with Crippen LogP contribution in [0.15, 0.2) is 36.4 Å². The van der Waals surface area contributed by atoms with E-state index in [0.29, 0.717) is 5.92 Å². The molecule has 2 aromatic carbocycles. The first kappa shape index (κ1) is 17.9. The molecule has 4 heteroatoms. The average molecular weight is 364 g/mol. The Hall–Kier alpha value is -2.46. The standard InChI is InChI=1S/C23H28N2O2/c1-5-15-6-8-19-18(12-15)17-10-11-24-22(23(17)25-19)14(2)16-7-9-20(26-3)21(13-16)27-4/h6-9,12-14,22,24-25H,5,10-11H2,1-4H3. The van der Waals surface area contributed by atoms with Crippen molar-refractivity contribution >= 4 is 10.9 Å². The number of ether oxygens (including phenoxy) is 2. The van der Waals surface area contributed by atoms with Crippen LogP contribution in [0.4, 0.5) is 0 Å². The highest BCUT2D eigenvalue weighted by molar-refractivity contribution is 5.86. The van der Waals surface area contributed by atoms with Crippen LogP contribution in [-0.4, -0.2) is 25.7 Å². The van der Waals surface area contributed by atoms with Gasteiger partial charge in [-0.1, -0.05) is 26.0 Å². The van der Waals surface area contributed by atoms with Gasteiger partial charge in [0, 0.05) is 22.5 Å². The van der Waals surface area contributed by atoms with E-state index in [1.807, 2.05) is 6.07 Å². The topological polar surface area (TPSA) is 46.3 Å². The molecule has 0 fully saturated rings. The number of aromatic amines is 1. The number of methoxy groups -OCH3 is 2. The minimum atomic E-state index is 0.254. The maximum atomic E-state index is 5.50. The summed E-state index contributed by atoms with van der Waals surface area (Å²) in [7, 11) is 3.36. The van der Waals surface area contributed by atoms with E-state index in [4.69, 9.17) is 9.47 Å². The Morgan fingerprint density at radius 1 is 1.07 bits per heavy atom. The molecule has 1 aliphatic rings. The normalized spacial score (nSPS) is 17.6. The van der Waals surface area contributed by atoms with E-state index in [-0.39, 0.29) is 6.04 Å². The molecule has 1 aliphatic heterocycles. The lowest BCUT2D eigenvalue weighted by Gasteiger charge is -2.30. The van der Waals surface area contributed by atoms with Gasteiger partial charge in [0.15, 0.2) is 11.5 Å². The molecule has 2 atom stereocenters. The third kappa shape index (κ3) is 3.08. The van der Waals surface area contributed by atoms with Gasteiger partial charge in [-0.05, 0) is 60.3 Å².